The van der Waals surface area contributed by atoms with E-state index in [-0.39, 0.29) is 5.69 Å². The Morgan fingerprint density at radius 3 is 2.59 bits per heavy atom. The summed E-state index contributed by atoms with van der Waals surface area (Å²) in [5.41, 5.74) is 7.17. The van der Waals surface area contributed by atoms with Crippen LogP contribution in [-0.2, 0) is 6.54 Å². The topological polar surface area (TPSA) is 73.8 Å². The predicted molar refractivity (Wildman–Crippen MR) is 66.5 cm³/mol. The van der Waals surface area contributed by atoms with E-state index in [0.717, 1.165) is 10.0 Å². The summed E-state index contributed by atoms with van der Waals surface area (Å²) in [5, 5.41) is 7.67. The zero-order valence-corrected chi connectivity index (χ0v) is 10.8. The van der Waals surface area contributed by atoms with Crippen LogP contribution in [0.2, 0.25) is 0 Å². The molecular weight excluding hydrogens is 284 g/mol. The molecule has 1 amide bonds. The molecule has 88 valence electrons. The van der Waals surface area contributed by atoms with E-state index in [1.807, 2.05) is 24.3 Å². The molecule has 2 rings (SSSR count). The molecule has 0 aliphatic carbocycles. The molecule has 0 fully saturated rings. The predicted octanol–water partition coefficient (Wildman–Crippen LogP) is 1.50. The van der Waals surface area contributed by atoms with Crippen LogP contribution in [0.25, 0.3) is 0 Å². The summed E-state index contributed by atoms with van der Waals surface area (Å²) in [6, 6.07) is 7.87. The monoisotopic (exact) mass is 294 g/mol. The van der Waals surface area contributed by atoms with Gasteiger partial charge in [-0.25, -0.2) is 4.68 Å². The number of amides is 1. The molecule has 0 radical (unpaired) electrons. The van der Waals surface area contributed by atoms with Crippen LogP contribution in [0.3, 0.4) is 0 Å². The van der Waals surface area contributed by atoms with Gasteiger partial charge >= 0.3 is 0 Å². The molecule has 2 aromatic rings. The van der Waals surface area contributed by atoms with E-state index < -0.39 is 5.91 Å². The number of halogens is 1. The molecule has 0 aliphatic rings. The van der Waals surface area contributed by atoms with Gasteiger partial charge in [0.2, 0.25) is 0 Å². The minimum absolute atomic E-state index is 0.224. The van der Waals surface area contributed by atoms with Gasteiger partial charge in [-0.15, -0.1) is 5.10 Å². The first kappa shape index (κ1) is 11.8. The quantitative estimate of drug-likeness (QED) is 0.932. The average Bonchev–Trinajstić information content (AvgIpc) is 2.64. The van der Waals surface area contributed by atoms with Crippen molar-refractivity contribution in [3.8, 4) is 0 Å². The van der Waals surface area contributed by atoms with Crippen molar-refractivity contribution in [2.45, 2.75) is 13.5 Å². The number of carbonyl (C=O) groups is 1. The van der Waals surface area contributed by atoms with Gasteiger partial charge in [-0.05, 0) is 24.6 Å². The highest BCUT2D eigenvalue weighted by Crippen LogP contribution is 2.12. The SMILES string of the molecule is Cc1c(C(N)=O)nnn1Cc1ccc(Br)cc1. The third-order valence-electron chi connectivity index (χ3n) is 2.46. The van der Waals surface area contributed by atoms with Crippen molar-refractivity contribution in [1.29, 1.82) is 0 Å². The number of hydrogen-bond donors (Lipinski definition) is 1. The number of rotatable bonds is 3. The fourth-order valence-corrected chi connectivity index (χ4v) is 1.77. The van der Waals surface area contributed by atoms with Gasteiger partial charge in [-0.2, -0.15) is 0 Å². The first-order chi connectivity index (χ1) is 8.08. The molecule has 1 aromatic carbocycles. The van der Waals surface area contributed by atoms with Crippen LogP contribution in [0.5, 0.6) is 0 Å². The molecule has 0 bridgehead atoms. The Kier molecular flexibility index (Phi) is 3.23. The van der Waals surface area contributed by atoms with E-state index in [4.69, 9.17) is 5.73 Å². The number of benzene rings is 1. The maximum atomic E-state index is 11.0. The number of nitrogens with zero attached hydrogens (tertiary/aromatic N) is 3. The summed E-state index contributed by atoms with van der Waals surface area (Å²) in [7, 11) is 0. The van der Waals surface area contributed by atoms with E-state index in [2.05, 4.69) is 26.2 Å². The van der Waals surface area contributed by atoms with Crippen LogP contribution in [-0.4, -0.2) is 20.9 Å². The molecule has 17 heavy (non-hydrogen) atoms. The number of aromatic nitrogens is 3. The fourth-order valence-electron chi connectivity index (χ4n) is 1.50. The number of hydrogen-bond acceptors (Lipinski definition) is 3. The van der Waals surface area contributed by atoms with Crippen LogP contribution in [0.1, 0.15) is 21.7 Å². The lowest BCUT2D eigenvalue weighted by atomic mass is 10.2. The van der Waals surface area contributed by atoms with Crippen molar-refractivity contribution >= 4 is 21.8 Å². The van der Waals surface area contributed by atoms with E-state index in [1.54, 1.807) is 11.6 Å². The summed E-state index contributed by atoms with van der Waals surface area (Å²) in [6.07, 6.45) is 0. The summed E-state index contributed by atoms with van der Waals surface area (Å²) < 4.78 is 2.68. The number of primary amides is 1. The first-order valence-corrected chi connectivity index (χ1v) is 5.81. The second kappa shape index (κ2) is 4.67. The lowest BCUT2D eigenvalue weighted by Gasteiger charge is -2.03. The molecule has 2 N–H and O–H groups in total. The molecule has 5 nitrogen and oxygen atoms in total. The maximum absolute atomic E-state index is 11.0. The molecular formula is C11H11BrN4O. The van der Waals surface area contributed by atoms with Crippen molar-refractivity contribution in [1.82, 2.24) is 15.0 Å². The average molecular weight is 295 g/mol. The minimum Gasteiger partial charge on any atom is -0.364 e. The summed E-state index contributed by atoms with van der Waals surface area (Å²) in [4.78, 5) is 11.0. The molecule has 6 heteroatoms. The summed E-state index contributed by atoms with van der Waals surface area (Å²) >= 11 is 3.37. The zero-order chi connectivity index (χ0) is 12.4. The Hall–Kier alpha value is -1.69. The Bertz CT molecular complexity index is 547. The summed E-state index contributed by atoms with van der Waals surface area (Å²) in [6.45, 7) is 2.35. The van der Waals surface area contributed by atoms with Crippen molar-refractivity contribution < 1.29 is 4.79 Å². The highest BCUT2D eigenvalue weighted by molar-refractivity contribution is 9.10. The maximum Gasteiger partial charge on any atom is 0.271 e. The van der Waals surface area contributed by atoms with Gasteiger partial charge in [0.15, 0.2) is 5.69 Å². The molecule has 0 spiro atoms. The smallest absolute Gasteiger partial charge is 0.271 e. The highest BCUT2D eigenvalue weighted by Gasteiger charge is 2.13. The molecule has 1 aromatic heterocycles. The lowest BCUT2D eigenvalue weighted by molar-refractivity contribution is 0.0995. The van der Waals surface area contributed by atoms with Gasteiger partial charge in [0.25, 0.3) is 5.91 Å². The van der Waals surface area contributed by atoms with Gasteiger partial charge in [0.05, 0.1) is 12.2 Å². The van der Waals surface area contributed by atoms with Crippen LogP contribution in [0, 0.1) is 6.92 Å². The van der Waals surface area contributed by atoms with Crippen molar-refractivity contribution in [2.75, 3.05) is 0 Å². The van der Waals surface area contributed by atoms with Crippen LogP contribution < -0.4 is 5.73 Å². The molecule has 1 heterocycles. The van der Waals surface area contributed by atoms with E-state index in [0.29, 0.717) is 12.2 Å². The Morgan fingerprint density at radius 1 is 1.41 bits per heavy atom. The van der Waals surface area contributed by atoms with Crippen molar-refractivity contribution in [3.63, 3.8) is 0 Å². The van der Waals surface area contributed by atoms with Crippen molar-refractivity contribution in [3.05, 3.63) is 45.7 Å². The third-order valence-corrected chi connectivity index (χ3v) is 2.99. The normalized spacial score (nSPS) is 10.5. The Balaban J connectivity index is 2.24. The number of carbonyl (C=O) groups excluding carboxylic acids is 1. The van der Waals surface area contributed by atoms with Crippen LogP contribution in [0.4, 0.5) is 0 Å². The first-order valence-electron chi connectivity index (χ1n) is 5.02. The minimum atomic E-state index is -0.551. The lowest BCUT2D eigenvalue weighted by Crippen LogP contribution is -2.13. The van der Waals surface area contributed by atoms with E-state index in [9.17, 15) is 4.79 Å². The molecule has 0 saturated carbocycles. The van der Waals surface area contributed by atoms with Crippen LogP contribution >= 0.6 is 15.9 Å². The Morgan fingerprint density at radius 2 is 2.06 bits per heavy atom. The van der Waals surface area contributed by atoms with Crippen molar-refractivity contribution in [2.24, 2.45) is 5.73 Å². The van der Waals surface area contributed by atoms with Gasteiger partial charge in [-0.1, -0.05) is 33.3 Å². The van der Waals surface area contributed by atoms with Gasteiger partial charge in [0.1, 0.15) is 0 Å². The molecule has 0 unspecified atom stereocenters. The fraction of sp³-hybridized carbons (Fsp3) is 0.182. The Labute approximate surface area is 107 Å². The highest BCUT2D eigenvalue weighted by atomic mass is 79.9. The van der Waals surface area contributed by atoms with Gasteiger partial charge in [-0.3, -0.25) is 4.79 Å². The second-order valence-corrected chi connectivity index (χ2v) is 4.59. The van der Waals surface area contributed by atoms with Crippen LogP contribution in [0.15, 0.2) is 28.7 Å². The van der Waals surface area contributed by atoms with E-state index >= 15 is 0 Å². The van der Waals surface area contributed by atoms with Gasteiger partial charge in [0, 0.05) is 4.47 Å². The van der Waals surface area contributed by atoms with E-state index in [1.165, 1.54) is 0 Å². The second-order valence-electron chi connectivity index (χ2n) is 3.67. The summed E-state index contributed by atoms with van der Waals surface area (Å²) in [5.74, 6) is -0.551. The number of nitrogens with two attached hydrogens (primary N) is 1. The molecule has 0 atom stereocenters. The third kappa shape index (κ3) is 2.52. The standard InChI is InChI=1S/C11H11BrN4O/c1-7-10(11(13)17)14-15-16(7)6-8-2-4-9(12)5-3-8/h2-5H,6H2,1H3,(H2,13,17). The van der Waals surface area contributed by atoms with Gasteiger partial charge < -0.3 is 5.73 Å². The molecule has 0 aliphatic heterocycles. The molecule has 0 saturated heterocycles. The largest absolute Gasteiger partial charge is 0.364 e. The zero-order valence-electron chi connectivity index (χ0n) is 9.22.